The van der Waals surface area contributed by atoms with Crippen LogP contribution in [0, 0.1) is 5.41 Å². The quantitative estimate of drug-likeness (QED) is 0.733. The van der Waals surface area contributed by atoms with Crippen molar-refractivity contribution in [3.05, 3.63) is 5.70 Å². The number of hydrogen-bond acceptors (Lipinski definition) is 3. The topological polar surface area (TPSA) is 46.6 Å². The number of hydrogen-bond donors (Lipinski definition) is 0. The van der Waals surface area contributed by atoms with E-state index in [1.54, 1.807) is 0 Å². The number of allylic oxidation sites excluding steroid dienone is 1. The van der Waals surface area contributed by atoms with E-state index in [1.165, 1.54) is 4.90 Å². The first-order valence-corrected chi connectivity index (χ1v) is 7.55. The predicted molar refractivity (Wildman–Crippen MR) is 79.0 cm³/mol. The van der Waals surface area contributed by atoms with Crippen LogP contribution < -0.4 is 0 Å². The minimum absolute atomic E-state index is 0.192. The second kappa shape index (κ2) is 6.45. The van der Waals surface area contributed by atoms with Gasteiger partial charge in [-0.1, -0.05) is 26.7 Å². The summed E-state index contributed by atoms with van der Waals surface area (Å²) in [5, 5.41) is 0. The van der Waals surface area contributed by atoms with Gasteiger partial charge >= 0.3 is 6.09 Å². The summed E-state index contributed by atoms with van der Waals surface area (Å²) < 4.78 is 5.39. The van der Waals surface area contributed by atoms with Gasteiger partial charge in [-0.2, -0.15) is 0 Å². The number of carbonyl (C=O) groups is 1. The molecule has 4 heteroatoms. The number of rotatable bonds is 4. The fourth-order valence-corrected chi connectivity index (χ4v) is 3.07. The van der Waals surface area contributed by atoms with Gasteiger partial charge in [-0.05, 0) is 40.0 Å². The van der Waals surface area contributed by atoms with Crippen LogP contribution in [0.3, 0.4) is 0 Å². The number of amides is 1. The second-order valence-electron chi connectivity index (χ2n) is 6.61. The van der Waals surface area contributed by atoms with Gasteiger partial charge in [0.15, 0.2) is 0 Å². The highest BCUT2D eigenvalue weighted by Gasteiger charge is 2.45. The van der Waals surface area contributed by atoms with E-state index in [4.69, 9.17) is 4.74 Å². The van der Waals surface area contributed by atoms with Crippen molar-refractivity contribution < 1.29 is 14.3 Å². The van der Waals surface area contributed by atoms with Crippen LogP contribution in [0.4, 0.5) is 4.79 Å². The maximum Gasteiger partial charge on any atom is 0.415 e. The number of nitrogens with zero attached hydrogens (tertiary/aromatic N) is 1. The van der Waals surface area contributed by atoms with Crippen molar-refractivity contribution in [3.8, 4) is 0 Å². The van der Waals surface area contributed by atoms with Crippen molar-refractivity contribution in [2.24, 2.45) is 5.41 Å². The zero-order valence-corrected chi connectivity index (χ0v) is 13.4. The van der Waals surface area contributed by atoms with Crippen LogP contribution in [0.25, 0.3) is 0 Å². The molecule has 0 aliphatic carbocycles. The van der Waals surface area contributed by atoms with Crippen LogP contribution in [0.15, 0.2) is 5.70 Å². The second-order valence-corrected chi connectivity index (χ2v) is 6.61. The summed E-state index contributed by atoms with van der Waals surface area (Å²) in [6.45, 7) is 10.3. The summed E-state index contributed by atoms with van der Waals surface area (Å²) in [5.41, 5.74) is -0.246. The Morgan fingerprint density at radius 1 is 1.30 bits per heavy atom. The molecule has 1 fully saturated rings. The van der Waals surface area contributed by atoms with Crippen LogP contribution in [-0.2, 0) is 9.53 Å². The fourth-order valence-electron chi connectivity index (χ4n) is 3.07. The molecule has 0 radical (unpaired) electrons. The molecule has 1 aliphatic heterocycles. The Kier molecular flexibility index (Phi) is 5.41. The SMILES string of the molecule is CCCC1(CCC)CCN(C(=O)OC(C)(C)C)C1=C=O. The van der Waals surface area contributed by atoms with E-state index in [-0.39, 0.29) is 5.41 Å². The monoisotopic (exact) mass is 281 g/mol. The van der Waals surface area contributed by atoms with Crippen molar-refractivity contribution in [2.75, 3.05) is 6.54 Å². The molecule has 1 heterocycles. The third-order valence-corrected chi connectivity index (χ3v) is 3.75. The lowest BCUT2D eigenvalue weighted by Gasteiger charge is -2.30. The molecule has 0 aromatic heterocycles. The summed E-state index contributed by atoms with van der Waals surface area (Å²) in [4.78, 5) is 25.2. The van der Waals surface area contributed by atoms with Gasteiger partial charge in [-0.15, -0.1) is 0 Å². The minimum atomic E-state index is -0.550. The zero-order chi connectivity index (χ0) is 15.4. The summed E-state index contributed by atoms with van der Waals surface area (Å²) >= 11 is 0. The molecular formula is C16H27NO3. The van der Waals surface area contributed by atoms with E-state index in [9.17, 15) is 9.59 Å². The molecule has 0 bridgehead atoms. The highest BCUT2D eigenvalue weighted by Crippen LogP contribution is 2.46. The minimum Gasteiger partial charge on any atom is -0.443 e. The Hall–Kier alpha value is -1.28. The Labute approximate surface area is 122 Å². The third-order valence-electron chi connectivity index (χ3n) is 3.75. The molecule has 1 amide bonds. The molecule has 0 atom stereocenters. The fraction of sp³-hybridized carbons (Fsp3) is 0.812. The predicted octanol–water partition coefficient (Wildman–Crippen LogP) is 3.93. The first-order valence-electron chi connectivity index (χ1n) is 7.55. The zero-order valence-electron chi connectivity index (χ0n) is 13.4. The number of ether oxygens (including phenoxy) is 1. The van der Waals surface area contributed by atoms with Crippen LogP contribution in [0.5, 0.6) is 0 Å². The van der Waals surface area contributed by atoms with Gasteiger partial charge in [-0.3, -0.25) is 4.90 Å². The summed E-state index contributed by atoms with van der Waals surface area (Å²) in [7, 11) is 0. The van der Waals surface area contributed by atoms with Gasteiger partial charge in [0, 0.05) is 12.0 Å². The van der Waals surface area contributed by atoms with E-state index in [0.29, 0.717) is 12.2 Å². The Bertz CT molecular complexity index is 396. The van der Waals surface area contributed by atoms with Gasteiger partial charge in [0.05, 0.1) is 0 Å². The first-order chi connectivity index (χ1) is 9.29. The maximum atomic E-state index is 12.2. The summed E-state index contributed by atoms with van der Waals surface area (Å²) in [6, 6.07) is 0. The molecule has 20 heavy (non-hydrogen) atoms. The van der Waals surface area contributed by atoms with Gasteiger partial charge in [0.1, 0.15) is 17.2 Å². The van der Waals surface area contributed by atoms with Crippen LogP contribution in [0.1, 0.15) is 66.7 Å². The molecule has 1 saturated heterocycles. The maximum absolute atomic E-state index is 12.2. The van der Waals surface area contributed by atoms with Gasteiger partial charge in [0.25, 0.3) is 0 Å². The van der Waals surface area contributed by atoms with E-state index >= 15 is 0 Å². The molecule has 0 spiro atoms. The van der Waals surface area contributed by atoms with Crippen LogP contribution >= 0.6 is 0 Å². The van der Waals surface area contributed by atoms with Crippen molar-refractivity contribution in [1.82, 2.24) is 4.90 Å². The lowest BCUT2D eigenvalue weighted by molar-refractivity contribution is 0.0332. The molecule has 114 valence electrons. The molecule has 0 aromatic rings. The number of likely N-dealkylation sites (tertiary alicyclic amines) is 1. The summed E-state index contributed by atoms with van der Waals surface area (Å²) in [6.07, 6.45) is 4.24. The lowest BCUT2D eigenvalue weighted by atomic mass is 9.76. The smallest absolute Gasteiger partial charge is 0.415 e. The van der Waals surface area contributed by atoms with Gasteiger partial charge < -0.3 is 4.74 Å². The third kappa shape index (κ3) is 3.63. The van der Waals surface area contributed by atoms with Crippen LogP contribution in [0.2, 0.25) is 0 Å². The van der Waals surface area contributed by atoms with E-state index in [1.807, 2.05) is 26.7 Å². The van der Waals surface area contributed by atoms with Crippen molar-refractivity contribution in [1.29, 1.82) is 0 Å². The molecule has 1 rings (SSSR count). The van der Waals surface area contributed by atoms with E-state index in [2.05, 4.69) is 13.8 Å². The highest BCUT2D eigenvalue weighted by atomic mass is 16.6. The number of carbonyl (C=O) groups excluding carboxylic acids is 2. The molecule has 1 aliphatic rings. The standard InChI is InChI=1S/C16H27NO3/c1-6-8-16(9-7-2)10-11-17(13(16)12-18)14(19)20-15(3,4)5/h6-11H2,1-5H3. The van der Waals surface area contributed by atoms with Crippen molar-refractivity contribution in [2.45, 2.75) is 72.3 Å². The molecular weight excluding hydrogens is 254 g/mol. The normalized spacial score (nSPS) is 18.1. The lowest BCUT2D eigenvalue weighted by Crippen LogP contribution is -2.36. The molecule has 4 nitrogen and oxygen atoms in total. The van der Waals surface area contributed by atoms with Gasteiger partial charge in [-0.25, -0.2) is 9.59 Å². The molecule has 0 aromatic carbocycles. The summed E-state index contributed by atoms with van der Waals surface area (Å²) in [5.74, 6) is 2.03. The van der Waals surface area contributed by atoms with Crippen molar-refractivity contribution in [3.63, 3.8) is 0 Å². The highest BCUT2D eigenvalue weighted by molar-refractivity contribution is 5.75. The Balaban J connectivity index is 2.98. The average Bonchev–Trinajstić information content (AvgIpc) is 2.66. The largest absolute Gasteiger partial charge is 0.443 e. The molecule has 0 saturated carbocycles. The average molecular weight is 281 g/mol. The van der Waals surface area contributed by atoms with Crippen LogP contribution in [-0.4, -0.2) is 29.1 Å². The van der Waals surface area contributed by atoms with Crippen molar-refractivity contribution >= 4 is 12.0 Å². The Morgan fingerprint density at radius 3 is 2.25 bits per heavy atom. The molecule has 0 unspecified atom stereocenters. The van der Waals surface area contributed by atoms with E-state index < -0.39 is 11.7 Å². The molecule has 0 N–H and O–H groups in total. The van der Waals surface area contributed by atoms with E-state index in [0.717, 1.165) is 32.1 Å². The van der Waals surface area contributed by atoms with Gasteiger partial charge in [0.2, 0.25) is 0 Å². The Morgan fingerprint density at radius 2 is 1.85 bits per heavy atom. The first kappa shape index (κ1) is 16.8.